The predicted octanol–water partition coefficient (Wildman–Crippen LogP) is 0.372. The first-order valence-corrected chi connectivity index (χ1v) is 5.18. The number of hydrogen-bond acceptors (Lipinski definition) is 4. The lowest BCUT2D eigenvalue weighted by Gasteiger charge is -2.49. The summed E-state index contributed by atoms with van der Waals surface area (Å²) in [5, 5.41) is 6.30. The van der Waals surface area contributed by atoms with Crippen LogP contribution in [0.25, 0.3) is 0 Å². The van der Waals surface area contributed by atoms with Crippen LogP contribution in [-0.4, -0.2) is 49.4 Å². The molecule has 88 valence electrons. The molecule has 0 radical (unpaired) electrons. The van der Waals surface area contributed by atoms with Crippen LogP contribution < -0.4 is 10.6 Å². The Morgan fingerprint density at radius 2 is 1.73 bits per heavy atom. The fraction of sp³-hybridized carbons (Fsp3) is 0.900. The van der Waals surface area contributed by atoms with Gasteiger partial charge in [0.2, 0.25) is 0 Å². The minimum Gasteiger partial charge on any atom is -0.444 e. The normalized spacial score (nSPS) is 19.7. The summed E-state index contributed by atoms with van der Waals surface area (Å²) < 4.78 is 5.26. The van der Waals surface area contributed by atoms with Crippen LogP contribution in [0.3, 0.4) is 0 Å². The van der Waals surface area contributed by atoms with Gasteiger partial charge in [-0.2, -0.15) is 0 Å². The SMILES string of the molecule is CNC1(NC)CN(C(=O)OC(C)(C)C)C1. The molecule has 0 aromatic rings. The number of carbonyl (C=O) groups is 1. The molecule has 0 aliphatic carbocycles. The second-order valence-electron chi connectivity index (χ2n) is 4.92. The molecule has 5 nitrogen and oxygen atoms in total. The Balaban J connectivity index is 2.42. The van der Waals surface area contributed by atoms with Gasteiger partial charge in [-0.3, -0.25) is 10.6 Å². The maximum atomic E-state index is 11.6. The van der Waals surface area contributed by atoms with Crippen molar-refractivity contribution in [2.24, 2.45) is 0 Å². The Morgan fingerprint density at radius 1 is 1.27 bits per heavy atom. The Bertz CT molecular complexity index is 236. The summed E-state index contributed by atoms with van der Waals surface area (Å²) in [7, 11) is 3.76. The van der Waals surface area contributed by atoms with E-state index in [2.05, 4.69) is 10.6 Å². The van der Waals surface area contributed by atoms with Gasteiger partial charge in [0.05, 0.1) is 13.1 Å². The summed E-state index contributed by atoms with van der Waals surface area (Å²) in [5.74, 6) is 0. The van der Waals surface area contributed by atoms with Crippen molar-refractivity contribution in [3.63, 3.8) is 0 Å². The highest BCUT2D eigenvalue weighted by Gasteiger charge is 2.44. The van der Waals surface area contributed by atoms with Crippen molar-refractivity contribution in [2.75, 3.05) is 27.2 Å². The molecule has 2 N–H and O–H groups in total. The van der Waals surface area contributed by atoms with Gasteiger partial charge in [0, 0.05) is 0 Å². The molecule has 1 amide bonds. The molecule has 1 aliphatic rings. The Kier molecular flexibility index (Phi) is 3.25. The van der Waals surface area contributed by atoms with E-state index in [-0.39, 0.29) is 11.8 Å². The van der Waals surface area contributed by atoms with E-state index in [9.17, 15) is 4.79 Å². The molecule has 0 aromatic heterocycles. The Labute approximate surface area is 91.2 Å². The number of likely N-dealkylation sites (N-methyl/N-ethyl adjacent to an activating group) is 2. The zero-order chi connectivity index (χ0) is 11.7. The fourth-order valence-electron chi connectivity index (χ4n) is 1.50. The van der Waals surface area contributed by atoms with E-state index in [1.165, 1.54) is 0 Å². The third kappa shape index (κ3) is 2.82. The molecule has 1 aliphatic heterocycles. The van der Waals surface area contributed by atoms with Gasteiger partial charge >= 0.3 is 6.09 Å². The summed E-state index contributed by atoms with van der Waals surface area (Å²) in [6.45, 7) is 6.88. The van der Waals surface area contributed by atoms with E-state index in [4.69, 9.17) is 4.74 Å². The number of carbonyl (C=O) groups excluding carboxylic acids is 1. The van der Waals surface area contributed by atoms with Crippen LogP contribution in [0.1, 0.15) is 20.8 Å². The maximum absolute atomic E-state index is 11.6. The summed E-state index contributed by atoms with van der Waals surface area (Å²) in [6, 6.07) is 0. The molecule has 0 atom stereocenters. The van der Waals surface area contributed by atoms with Crippen LogP contribution in [0.2, 0.25) is 0 Å². The molecule has 0 unspecified atom stereocenters. The lowest BCUT2D eigenvalue weighted by atomic mass is 10.0. The fourth-order valence-corrected chi connectivity index (χ4v) is 1.50. The van der Waals surface area contributed by atoms with Crippen molar-refractivity contribution < 1.29 is 9.53 Å². The number of amides is 1. The molecule has 5 heteroatoms. The number of hydrogen-bond donors (Lipinski definition) is 2. The third-order valence-corrected chi connectivity index (χ3v) is 2.53. The van der Waals surface area contributed by atoms with E-state index in [0.717, 1.165) is 0 Å². The maximum Gasteiger partial charge on any atom is 0.410 e. The van der Waals surface area contributed by atoms with Crippen molar-refractivity contribution in [3.8, 4) is 0 Å². The van der Waals surface area contributed by atoms with Gasteiger partial charge in [0.15, 0.2) is 0 Å². The summed E-state index contributed by atoms with van der Waals surface area (Å²) >= 11 is 0. The standard InChI is InChI=1S/C10H21N3O2/c1-9(2,3)15-8(14)13-6-10(7-13,11-4)12-5/h11-12H,6-7H2,1-5H3. The average molecular weight is 215 g/mol. The van der Waals surface area contributed by atoms with E-state index < -0.39 is 5.60 Å². The van der Waals surface area contributed by atoms with Crippen molar-refractivity contribution in [1.82, 2.24) is 15.5 Å². The van der Waals surface area contributed by atoms with E-state index >= 15 is 0 Å². The highest BCUT2D eigenvalue weighted by atomic mass is 16.6. The summed E-state index contributed by atoms with van der Waals surface area (Å²) in [4.78, 5) is 13.3. The van der Waals surface area contributed by atoms with E-state index in [1.807, 2.05) is 34.9 Å². The zero-order valence-corrected chi connectivity index (χ0v) is 10.2. The topological polar surface area (TPSA) is 53.6 Å². The van der Waals surface area contributed by atoms with Crippen LogP contribution in [0.4, 0.5) is 4.79 Å². The van der Waals surface area contributed by atoms with Gasteiger partial charge in [-0.25, -0.2) is 4.79 Å². The zero-order valence-electron chi connectivity index (χ0n) is 10.2. The highest BCUT2D eigenvalue weighted by molar-refractivity contribution is 5.69. The predicted molar refractivity (Wildman–Crippen MR) is 58.7 cm³/mol. The van der Waals surface area contributed by atoms with Crippen molar-refractivity contribution >= 4 is 6.09 Å². The first kappa shape index (κ1) is 12.3. The van der Waals surface area contributed by atoms with Gasteiger partial charge in [-0.1, -0.05) is 0 Å². The lowest BCUT2D eigenvalue weighted by Crippen LogP contribution is -2.75. The van der Waals surface area contributed by atoms with Crippen molar-refractivity contribution in [2.45, 2.75) is 32.0 Å². The van der Waals surface area contributed by atoms with Crippen LogP contribution >= 0.6 is 0 Å². The molecule has 1 heterocycles. The van der Waals surface area contributed by atoms with Gasteiger partial charge in [-0.05, 0) is 34.9 Å². The number of nitrogens with zero attached hydrogens (tertiary/aromatic N) is 1. The third-order valence-electron chi connectivity index (χ3n) is 2.53. The minimum atomic E-state index is -0.422. The molecule has 0 bridgehead atoms. The molecular formula is C10H21N3O2. The van der Waals surface area contributed by atoms with Gasteiger partial charge < -0.3 is 9.64 Å². The average Bonchev–Trinajstić information content (AvgIpc) is 2.00. The first-order chi connectivity index (χ1) is 6.82. The smallest absolute Gasteiger partial charge is 0.410 e. The van der Waals surface area contributed by atoms with E-state index in [1.54, 1.807) is 4.90 Å². The second-order valence-corrected chi connectivity index (χ2v) is 4.92. The molecule has 0 spiro atoms. The summed E-state index contributed by atoms with van der Waals surface area (Å²) in [6.07, 6.45) is -0.247. The van der Waals surface area contributed by atoms with Gasteiger partial charge in [0.1, 0.15) is 11.3 Å². The highest BCUT2D eigenvalue weighted by Crippen LogP contribution is 2.20. The largest absolute Gasteiger partial charge is 0.444 e. The monoisotopic (exact) mass is 215 g/mol. The van der Waals surface area contributed by atoms with Crippen LogP contribution in [0.5, 0.6) is 0 Å². The summed E-state index contributed by atoms with van der Waals surface area (Å²) in [5.41, 5.74) is -0.564. The van der Waals surface area contributed by atoms with Crippen LogP contribution in [0.15, 0.2) is 0 Å². The number of likely N-dealkylation sites (tertiary alicyclic amines) is 1. The van der Waals surface area contributed by atoms with E-state index in [0.29, 0.717) is 13.1 Å². The number of nitrogens with one attached hydrogen (secondary N) is 2. The quantitative estimate of drug-likeness (QED) is 0.654. The number of ether oxygens (including phenoxy) is 1. The Morgan fingerprint density at radius 3 is 2.07 bits per heavy atom. The molecule has 1 saturated heterocycles. The first-order valence-electron chi connectivity index (χ1n) is 5.18. The van der Waals surface area contributed by atoms with Crippen molar-refractivity contribution in [3.05, 3.63) is 0 Å². The lowest BCUT2D eigenvalue weighted by molar-refractivity contribution is -0.0217. The molecular weight excluding hydrogens is 194 g/mol. The molecule has 1 fully saturated rings. The number of rotatable bonds is 2. The van der Waals surface area contributed by atoms with Crippen LogP contribution in [-0.2, 0) is 4.74 Å². The van der Waals surface area contributed by atoms with Crippen molar-refractivity contribution in [1.29, 1.82) is 0 Å². The van der Waals surface area contributed by atoms with Gasteiger partial charge in [0.25, 0.3) is 0 Å². The molecule has 1 rings (SSSR count). The van der Waals surface area contributed by atoms with Crippen LogP contribution in [0, 0.1) is 0 Å². The second kappa shape index (κ2) is 3.98. The minimum absolute atomic E-state index is 0.142. The molecule has 0 saturated carbocycles. The Hall–Kier alpha value is -0.810. The molecule has 0 aromatic carbocycles. The van der Waals surface area contributed by atoms with Gasteiger partial charge in [-0.15, -0.1) is 0 Å². The molecule has 15 heavy (non-hydrogen) atoms.